The summed E-state index contributed by atoms with van der Waals surface area (Å²) in [6, 6.07) is 9.66. The average Bonchev–Trinajstić information content (AvgIpc) is 2.78. The molecular formula is C16H20O. The number of benzene rings is 1. The van der Waals surface area contributed by atoms with E-state index in [4.69, 9.17) is 0 Å². The number of allylic oxidation sites excluding steroid dienone is 2. The van der Waals surface area contributed by atoms with Crippen LogP contribution in [0.25, 0.3) is 0 Å². The highest BCUT2D eigenvalue weighted by Gasteiger charge is 2.23. The Labute approximate surface area is 104 Å². The maximum absolute atomic E-state index is 12.1. The summed E-state index contributed by atoms with van der Waals surface area (Å²) in [6.45, 7) is 2.17. The van der Waals surface area contributed by atoms with Crippen molar-refractivity contribution in [3.8, 4) is 0 Å². The van der Waals surface area contributed by atoms with Crippen LogP contribution in [0.15, 0.2) is 42.0 Å². The second-order valence-corrected chi connectivity index (χ2v) is 4.77. The Morgan fingerprint density at radius 1 is 1.35 bits per heavy atom. The van der Waals surface area contributed by atoms with Gasteiger partial charge in [0.2, 0.25) is 0 Å². The maximum atomic E-state index is 12.1. The summed E-state index contributed by atoms with van der Waals surface area (Å²) in [6.07, 6.45) is 7.72. The van der Waals surface area contributed by atoms with E-state index in [1.54, 1.807) is 0 Å². The number of carbonyl (C=O) groups excluding carboxylic acids is 1. The Morgan fingerprint density at radius 3 is 2.82 bits per heavy atom. The summed E-state index contributed by atoms with van der Waals surface area (Å²) < 4.78 is 0. The second-order valence-electron chi connectivity index (χ2n) is 4.77. The SMILES string of the molecule is CC/C=C1/CCCC1CC(=O)c1ccccc1. The third-order valence-electron chi connectivity index (χ3n) is 3.54. The highest BCUT2D eigenvalue weighted by Crippen LogP contribution is 2.34. The molecule has 17 heavy (non-hydrogen) atoms. The van der Waals surface area contributed by atoms with Gasteiger partial charge in [0, 0.05) is 12.0 Å². The second kappa shape index (κ2) is 5.81. The van der Waals surface area contributed by atoms with Gasteiger partial charge >= 0.3 is 0 Å². The molecule has 1 unspecified atom stereocenters. The Hall–Kier alpha value is -1.37. The highest BCUT2D eigenvalue weighted by molar-refractivity contribution is 5.96. The normalized spacial score (nSPS) is 21.9. The summed E-state index contributed by atoms with van der Waals surface area (Å²) in [4.78, 5) is 12.1. The van der Waals surface area contributed by atoms with Gasteiger partial charge in [-0.1, -0.05) is 48.9 Å². The predicted molar refractivity (Wildman–Crippen MR) is 71.1 cm³/mol. The standard InChI is InChI=1S/C16H20O/c1-2-7-13-10-6-11-15(13)12-16(17)14-8-4-3-5-9-14/h3-5,7-9,15H,2,6,10-12H2,1H3/b13-7-. The lowest BCUT2D eigenvalue weighted by Gasteiger charge is -2.11. The minimum atomic E-state index is 0.291. The number of rotatable bonds is 4. The fourth-order valence-electron chi connectivity index (χ4n) is 2.67. The molecule has 90 valence electrons. The van der Waals surface area contributed by atoms with Crippen molar-refractivity contribution in [1.82, 2.24) is 0 Å². The van der Waals surface area contributed by atoms with Crippen LogP contribution in [0.1, 0.15) is 49.4 Å². The number of hydrogen-bond acceptors (Lipinski definition) is 1. The van der Waals surface area contributed by atoms with Crippen molar-refractivity contribution in [2.24, 2.45) is 5.92 Å². The Balaban J connectivity index is 2.02. The molecule has 1 aliphatic rings. The van der Waals surface area contributed by atoms with Crippen molar-refractivity contribution < 1.29 is 4.79 Å². The van der Waals surface area contributed by atoms with Gasteiger partial charge in [-0.3, -0.25) is 4.79 Å². The van der Waals surface area contributed by atoms with Gasteiger partial charge in [0.15, 0.2) is 5.78 Å². The average molecular weight is 228 g/mol. The van der Waals surface area contributed by atoms with E-state index < -0.39 is 0 Å². The molecule has 1 nitrogen and oxygen atoms in total. The lowest BCUT2D eigenvalue weighted by Crippen LogP contribution is -2.07. The van der Waals surface area contributed by atoms with Crippen LogP contribution in [0.3, 0.4) is 0 Å². The molecule has 1 fully saturated rings. The quantitative estimate of drug-likeness (QED) is 0.551. The first-order valence-electron chi connectivity index (χ1n) is 6.58. The van der Waals surface area contributed by atoms with Gasteiger partial charge in [0.25, 0.3) is 0 Å². The van der Waals surface area contributed by atoms with E-state index in [1.165, 1.54) is 24.8 Å². The van der Waals surface area contributed by atoms with E-state index in [9.17, 15) is 4.79 Å². The predicted octanol–water partition coefficient (Wildman–Crippen LogP) is 4.40. The molecule has 1 saturated carbocycles. The fraction of sp³-hybridized carbons (Fsp3) is 0.438. The van der Waals surface area contributed by atoms with E-state index in [0.29, 0.717) is 18.1 Å². The molecule has 1 heteroatoms. The summed E-state index contributed by atoms with van der Waals surface area (Å²) in [5.41, 5.74) is 2.37. The first-order chi connectivity index (χ1) is 8.31. The third-order valence-corrected chi connectivity index (χ3v) is 3.54. The van der Waals surface area contributed by atoms with Crippen molar-refractivity contribution in [2.75, 3.05) is 0 Å². The van der Waals surface area contributed by atoms with Crippen LogP contribution >= 0.6 is 0 Å². The van der Waals surface area contributed by atoms with Crippen molar-refractivity contribution in [1.29, 1.82) is 0 Å². The van der Waals surface area contributed by atoms with Crippen LogP contribution in [0, 0.1) is 5.92 Å². The molecule has 2 rings (SSSR count). The molecule has 1 atom stereocenters. The van der Waals surface area contributed by atoms with Gasteiger partial charge in [-0.25, -0.2) is 0 Å². The van der Waals surface area contributed by atoms with Crippen LogP contribution < -0.4 is 0 Å². The van der Waals surface area contributed by atoms with Gasteiger partial charge < -0.3 is 0 Å². The van der Waals surface area contributed by atoms with Crippen LogP contribution in [0.4, 0.5) is 0 Å². The zero-order valence-corrected chi connectivity index (χ0v) is 10.5. The van der Waals surface area contributed by atoms with Crippen LogP contribution in [-0.4, -0.2) is 5.78 Å². The summed E-state index contributed by atoms with van der Waals surface area (Å²) >= 11 is 0. The number of Topliss-reactive ketones (excluding diaryl/α,β-unsaturated/α-hetero) is 1. The smallest absolute Gasteiger partial charge is 0.163 e. The largest absolute Gasteiger partial charge is 0.294 e. The molecule has 0 aliphatic heterocycles. The van der Waals surface area contributed by atoms with E-state index in [1.807, 2.05) is 30.3 Å². The van der Waals surface area contributed by atoms with Gasteiger partial charge in [0.1, 0.15) is 0 Å². The van der Waals surface area contributed by atoms with Crippen molar-refractivity contribution in [3.63, 3.8) is 0 Å². The minimum Gasteiger partial charge on any atom is -0.294 e. The first-order valence-corrected chi connectivity index (χ1v) is 6.58. The van der Waals surface area contributed by atoms with Gasteiger partial charge in [0.05, 0.1) is 0 Å². The first kappa shape index (κ1) is 12.1. The van der Waals surface area contributed by atoms with Gasteiger partial charge in [-0.05, 0) is 31.6 Å². The van der Waals surface area contributed by atoms with E-state index in [2.05, 4.69) is 13.0 Å². The Morgan fingerprint density at radius 2 is 2.12 bits per heavy atom. The topological polar surface area (TPSA) is 17.1 Å². The minimum absolute atomic E-state index is 0.291. The summed E-state index contributed by atoms with van der Waals surface area (Å²) in [5.74, 6) is 0.794. The molecule has 1 aliphatic carbocycles. The highest BCUT2D eigenvalue weighted by atomic mass is 16.1. The fourth-order valence-corrected chi connectivity index (χ4v) is 2.67. The molecule has 1 aromatic carbocycles. The van der Waals surface area contributed by atoms with Crippen molar-refractivity contribution in [3.05, 3.63) is 47.5 Å². The van der Waals surface area contributed by atoms with Crippen LogP contribution in [0.5, 0.6) is 0 Å². The molecule has 0 saturated heterocycles. The third kappa shape index (κ3) is 3.06. The molecule has 0 aromatic heterocycles. The monoisotopic (exact) mass is 228 g/mol. The lowest BCUT2D eigenvalue weighted by atomic mass is 9.93. The molecule has 0 spiro atoms. The number of carbonyl (C=O) groups is 1. The lowest BCUT2D eigenvalue weighted by molar-refractivity contribution is 0.0968. The van der Waals surface area contributed by atoms with E-state index in [-0.39, 0.29) is 0 Å². The molecular weight excluding hydrogens is 208 g/mol. The summed E-state index contributed by atoms with van der Waals surface area (Å²) in [5, 5.41) is 0. The molecule has 0 amide bonds. The van der Waals surface area contributed by atoms with Crippen LogP contribution in [-0.2, 0) is 0 Å². The zero-order chi connectivity index (χ0) is 12.1. The molecule has 1 aromatic rings. The Bertz CT molecular complexity index is 403. The number of hydrogen-bond donors (Lipinski definition) is 0. The number of ketones is 1. The maximum Gasteiger partial charge on any atom is 0.163 e. The molecule has 0 heterocycles. The molecule has 0 N–H and O–H groups in total. The molecule has 0 radical (unpaired) electrons. The molecule has 0 bridgehead atoms. The van der Waals surface area contributed by atoms with Crippen molar-refractivity contribution in [2.45, 2.75) is 39.0 Å². The van der Waals surface area contributed by atoms with Crippen LogP contribution in [0.2, 0.25) is 0 Å². The summed E-state index contributed by atoms with van der Waals surface area (Å²) in [7, 11) is 0. The van der Waals surface area contributed by atoms with Gasteiger partial charge in [-0.2, -0.15) is 0 Å². The Kier molecular flexibility index (Phi) is 4.13. The van der Waals surface area contributed by atoms with Gasteiger partial charge in [-0.15, -0.1) is 0 Å². The van der Waals surface area contributed by atoms with Crippen molar-refractivity contribution >= 4 is 5.78 Å². The zero-order valence-electron chi connectivity index (χ0n) is 10.5. The van der Waals surface area contributed by atoms with E-state index in [0.717, 1.165) is 12.0 Å². The van der Waals surface area contributed by atoms with E-state index >= 15 is 0 Å².